The molecule has 0 saturated carbocycles. The molecule has 0 saturated heterocycles. The van der Waals surface area contributed by atoms with Gasteiger partial charge < -0.3 is 5.11 Å². The van der Waals surface area contributed by atoms with Crippen LogP contribution in [0.1, 0.15) is 27.3 Å². The van der Waals surface area contributed by atoms with Crippen molar-refractivity contribution in [3.05, 3.63) is 45.2 Å². The lowest BCUT2D eigenvalue weighted by molar-refractivity contribution is 0.0694. The van der Waals surface area contributed by atoms with Crippen LogP contribution in [0.2, 0.25) is 0 Å². The molecule has 0 atom stereocenters. The fourth-order valence-corrected chi connectivity index (χ4v) is 2.62. The zero-order chi connectivity index (χ0) is 14.2. The number of carboxylic acid groups (broad SMARTS) is 1. The Hall–Kier alpha value is -1.75. The monoisotopic (exact) mass is 320 g/mol. The van der Waals surface area contributed by atoms with Crippen LogP contribution in [-0.2, 0) is 0 Å². The Labute approximate surface area is 119 Å². The van der Waals surface area contributed by atoms with Crippen molar-refractivity contribution in [3.8, 4) is 11.4 Å². The fourth-order valence-electron chi connectivity index (χ4n) is 1.95. The third-order valence-corrected chi connectivity index (χ3v) is 3.51. The van der Waals surface area contributed by atoms with Crippen molar-refractivity contribution in [2.45, 2.75) is 20.8 Å². The molecule has 1 aromatic heterocycles. The van der Waals surface area contributed by atoms with Gasteiger partial charge in [-0.15, -0.1) is 0 Å². The third-order valence-electron chi connectivity index (χ3n) is 2.85. The van der Waals surface area contributed by atoms with Gasteiger partial charge in [0.05, 0.1) is 11.4 Å². The second-order valence-electron chi connectivity index (χ2n) is 4.38. The van der Waals surface area contributed by atoms with Crippen LogP contribution >= 0.6 is 15.9 Å². The van der Waals surface area contributed by atoms with Gasteiger partial charge in [0, 0.05) is 10.0 Å². The summed E-state index contributed by atoms with van der Waals surface area (Å²) >= 11 is 3.48. The average Bonchev–Trinajstić information content (AvgIpc) is 2.26. The largest absolute Gasteiger partial charge is 0.478 e. The van der Waals surface area contributed by atoms with Crippen molar-refractivity contribution >= 4 is 21.9 Å². The highest BCUT2D eigenvalue weighted by Gasteiger charge is 2.16. The van der Waals surface area contributed by atoms with E-state index in [2.05, 4.69) is 25.9 Å². The smallest absolute Gasteiger partial charge is 0.339 e. The lowest BCUT2D eigenvalue weighted by Crippen LogP contribution is -2.08. The number of carbonyl (C=O) groups is 1. The lowest BCUT2D eigenvalue weighted by Gasteiger charge is -2.09. The summed E-state index contributed by atoms with van der Waals surface area (Å²) in [6.45, 7) is 5.37. The van der Waals surface area contributed by atoms with Crippen molar-refractivity contribution in [2.24, 2.45) is 0 Å². The Balaban J connectivity index is 2.61. The molecule has 0 unspecified atom stereocenters. The number of hydrogen-bond donors (Lipinski definition) is 1. The standard InChI is InChI=1S/C14H13BrN2O2/c1-7-4-5-10(11(15)6-7)13-16-8(2)12(14(18)19)9(3)17-13/h4-6H,1-3H3,(H,18,19). The Kier molecular flexibility index (Phi) is 3.66. The lowest BCUT2D eigenvalue weighted by atomic mass is 10.1. The molecule has 4 nitrogen and oxygen atoms in total. The highest BCUT2D eigenvalue weighted by molar-refractivity contribution is 9.10. The molecule has 0 fully saturated rings. The maximum absolute atomic E-state index is 11.1. The van der Waals surface area contributed by atoms with E-state index in [9.17, 15) is 4.79 Å². The molecular formula is C14H13BrN2O2. The summed E-state index contributed by atoms with van der Waals surface area (Å²) in [6, 6.07) is 5.88. The molecule has 0 aliphatic rings. The first-order valence-electron chi connectivity index (χ1n) is 5.75. The minimum absolute atomic E-state index is 0.173. The van der Waals surface area contributed by atoms with Gasteiger partial charge in [0.2, 0.25) is 0 Å². The van der Waals surface area contributed by atoms with Gasteiger partial charge in [0.25, 0.3) is 0 Å². The van der Waals surface area contributed by atoms with Crippen LogP contribution in [0.5, 0.6) is 0 Å². The molecule has 0 spiro atoms. The number of hydrogen-bond acceptors (Lipinski definition) is 3. The van der Waals surface area contributed by atoms with Crippen LogP contribution in [0.25, 0.3) is 11.4 Å². The average molecular weight is 321 g/mol. The molecule has 1 N–H and O–H groups in total. The summed E-state index contributed by atoms with van der Waals surface area (Å²) in [5.41, 5.74) is 3.11. The Morgan fingerprint density at radius 3 is 2.21 bits per heavy atom. The van der Waals surface area contributed by atoms with Gasteiger partial charge in [-0.05, 0) is 38.5 Å². The van der Waals surface area contributed by atoms with Crippen LogP contribution in [0.15, 0.2) is 22.7 Å². The molecule has 5 heteroatoms. The van der Waals surface area contributed by atoms with Crippen LogP contribution in [0, 0.1) is 20.8 Å². The Bertz CT molecular complexity index is 645. The molecule has 0 aliphatic carbocycles. The predicted molar refractivity (Wildman–Crippen MR) is 76.3 cm³/mol. The fraction of sp³-hybridized carbons (Fsp3) is 0.214. The molecule has 98 valence electrons. The summed E-state index contributed by atoms with van der Waals surface area (Å²) in [5.74, 6) is -0.462. The second-order valence-corrected chi connectivity index (χ2v) is 5.24. The molecule has 0 aliphatic heterocycles. The molecule has 0 radical (unpaired) electrons. The van der Waals surface area contributed by atoms with Gasteiger partial charge in [0.15, 0.2) is 5.82 Å². The zero-order valence-electron chi connectivity index (χ0n) is 10.9. The highest BCUT2D eigenvalue weighted by atomic mass is 79.9. The molecule has 2 rings (SSSR count). The van der Waals surface area contributed by atoms with E-state index in [0.29, 0.717) is 17.2 Å². The number of aromatic carboxylic acids is 1. The van der Waals surface area contributed by atoms with E-state index in [1.165, 1.54) is 0 Å². The van der Waals surface area contributed by atoms with Crippen molar-refractivity contribution in [1.29, 1.82) is 0 Å². The van der Waals surface area contributed by atoms with Gasteiger partial charge in [0.1, 0.15) is 5.56 Å². The van der Waals surface area contributed by atoms with Gasteiger partial charge >= 0.3 is 5.97 Å². The number of aryl methyl sites for hydroxylation is 3. The Morgan fingerprint density at radius 1 is 1.16 bits per heavy atom. The van der Waals surface area contributed by atoms with E-state index in [1.54, 1.807) is 13.8 Å². The quantitative estimate of drug-likeness (QED) is 0.919. The molecule has 1 heterocycles. The van der Waals surface area contributed by atoms with Crippen molar-refractivity contribution in [3.63, 3.8) is 0 Å². The van der Waals surface area contributed by atoms with E-state index in [-0.39, 0.29) is 5.56 Å². The molecular weight excluding hydrogens is 308 g/mol. The first-order valence-corrected chi connectivity index (χ1v) is 6.54. The second kappa shape index (κ2) is 5.09. The van der Waals surface area contributed by atoms with E-state index in [1.807, 2.05) is 25.1 Å². The van der Waals surface area contributed by atoms with Gasteiger partial charge in [-0.1, -0.05) is 22.0 Å². The highest BCUT2D eigenvalue weighted by Crippen LogP contribution is 2.27. The first kappa shape index (κ1) is 13.7. The van der Waals surface area contributed by atoms with Crippen LogP contribution < -0.4 is 0 Å². The number of nitrogens with zero attached hydrogens (tertiary/aromatic N) is 2. The summed E-state index contributed by atoms with van der Waals surface area (Å²) in [5, 5.41) is 9.11. The van der Waals surface area contributed by atoms with Gasteiger partial charge in [-0.3, -0.25) is 0 Å². The number of halogens is 1. The number of rotatable bonds is 2. The maximum Gasteiger partial charge on any atom is 0.339 e. The maximum atomic E-state index is 11.1. The summed E-state index contributed by atoms with van der Waals surface area (Å²) in [6.07, 6.45) is 0. The van der Waals surface area contributed by atoms with Crippen LogP contribution in [0.4, 0.5) is 0 Å². The number of carboxylic acids is 1. The molecule has 2 aromatic rings. The van der Waals surface area contributed by atoms with E-state index in [0.717, 1.165) is 15.6 Å². The minimum atomic E-state index is -0.996. The third kappa shape index (κ3) is 2.66. The minimum Gasteiger partial charge on any atom is -0.478 e. The summed E-state index contributed by atoms with van der Waals surface area (Å²) in [4.78, 5) is 19.7. The molecule has 1 aromatic carbocycles. The Morgan fingerprint density at radius 2 is 1.74 bits per heavy atom. The van der Waals surface area contributed by atoms with E-state index >= 15 is 0 Å². The molecule has 19 heavy (non-hydrogen) atoms. The number of benzene rings is 1. The van der Waals surface area contributed by atoms with E-state index < -0.39 is 5.97 Å². The molecule has 0 amide bonds. The predicted octanol–water partition coefficient (Wildman–Crippen LogP) is 3.53. The summed E-state index contributed by atoms with van der Waals surface area (Å²) in [7, 11) is 0. The van der Waals surface area contributed by atoms with Gasteiger partial charge in [-0.2, -0.15) is 0 Å². The van der Waals surface area contributed by atoms with Crippen molar-refractivity contribution < 1.29 is 9.90 Å². The van der Waals surface area contributed by atoms with E-state index in [4.69, 9.17) is 5.11 Å². The summed E-state index contributed by atoms with van der Waals surface area (Å²) < 4.78 is 0.898. The SMILES string of the molecule is Cc1ccc(-c2nc(C)c(C(=O)O)c(C)n2)c(Br)c1. The van der Waals surface area contributed by atoms with Crippen LogP contribution in [0.3, 0.4) is 0 Å². The molecule has 0 bridgehead atoms. The topological polar surface area (TPSA) is 63.1 Å². The number of aromatic nitrogens is 2. The van der Waals surface area contributed by atoms with Crippen molar-refractivity contribution in [2.75, 3.05) is 0 Å². The first-order chi connectivity index (χ1) is 8.90. The van der Waals surface area contributed by atoms with Gasteiger partial charge in [-0.25, -0.2) is 14.8 Å². The normalized spacial score (nSPS) is 10.5. The zero-order valence-corrected chi connectivity index (χ0v) is 12.4. The van der Waals surface area contributed by atoms with Crippen LogP contribution in [-0.4, -0.2) is 21.0 Å². The van der Waals surface area contributed by atoms with Crippen molar-refractivity contribution in [1.82, 2.24) is 9.97 Å².